The Kier molecular flexibility index (Phi) is 3.70. The van der Waals surface area contributed by atoms with Gasteiger partial charge in [0.05, 0.1) is 0 Å². The van der Waals surface area contributed by atoms with Crippen LogP contribution >= 0.6 is 11.3 Å². The Morgan fingerprint density at radius 2 is 1.81 bits per heavy atom. The van der Waals surface area contributed by atoms with Crippen molar-refractivity contribution in [3.63, 3.8) is 0 Å². The molecule has 16 heavy (non-hydrogen) atoms. The molecular weight excluding hydrogens is 221 g/mol. The Labute approximate surface area is 98.7 Å². The molecule has 3 heteroatoms. The molecule has 0 saturated heterocycles. The number of benzene rings is 1. The van der Waals surface area contributed by atoms with Crippen molar-refractivity contribution in [2.75, 3.05) is 6.54 Å². The van der Waals surface area contributed by atoms with E-state index >= 15 is 0 Å². The minimum absolute atomic E-state index is 0.191. The predicted octanol–water partition coefficient (Wildman–Crippen LogP) is 3.45. The molecule has 0 aliphatic rings. The molecule has 0 spiro atoms. The lowest BCUT2D eigenvalue weighted by atomic mass is 10.2. The topological polar surface area (TPSA) is 26.0 Å². The Morgan fingerprint density at radius 1 is 1.06 bits per heavy atom. The fraction of sp³-hybridized carbons (Fsp3) is 0.231. The molecule has 84 valence electrons. The van der Waals surface area contributed by atoms with Crippen LogP contribution in [0.5, 0.6) is 0 Å². The van der Waals surface area contributed by atoms with Gasteiger partial charge >= 0.3 is 0 Å². The van der Waals surface area contributed by atoms with E-state index in [-0.39, 0.29) is 5.82 Å². The number of nitrogens with two attached hydrogens (primary N) is 1. The zero-order valence-corrected chi connectivity index (χ0v) is 9.77. The summed E-state index contributed by atoms with van der Waals surface area (Å²) in [7, 11) is 0. The van der Waals surface area contributed by atoms with Crippen molar-refractivity contribution in [1.82, 2.24) is 0 Å². The van der Waals surface area contributed by atoms with E-state index in [9.17, 15) is 4.39 Å². The second kappa shape index (κ2) is 5.23. The van der Waals surface area contributed by atoms with Crippen LogP contribution in [0.2, 0.25) is 0 Å². The summed E-state index contributed by atoms with van der Waals surface area (Å²) in [5.74, 6) is -0.191. The van der Waals surface area contributed by atoms with Crippen molar-refractivity contribution in [3.8, 4) is 10.4 Å². The molecule has 1 nitrogen and oxygen atoms in total. The summed E-state index contributed by atoms with van der Waals surface area (Å²) in [6.45, 7) is 0.726. The predicted molar refractivity (Wildman–Crippen MR) is 67.1 cm³/mol. The number of thiophene rings is 1. The van der Waals surface area contributed by atoms with Gasteiger partial charge in [0.25, 0.3) is 0 Å². The van der Waals surface area contributed by atoms with Crippen molar-refractivity contribution < 1.29 is 4.39 Å². The van der Waals surface area contributed by atoms with Crippen LogP contribution in [0.25, 0.3) is 10.4 Å². The molecule has 2 aromatic rings. The van der Waals surface area contributed by atoms with E-state index in [1.54, 1.807) is 11.3 Å². The van der Waals surface area contributed by atoms with Crippen LogP contribution in [-0.2, 0) is 6.42 Å². The van der Waals surface area contributed by atoms with E-state index in [1.165, 1.54) is 21.9 Å². The smallest absolute Gasteiger partial charge is 0.123 e. The molecular formula is C13H14FNS. The number of hydrogen-bond acceptors (Lipinski definition) is 2. The van der Waals surface area contributed by atoms with E-state index < -0.39 is 0 Å². The van der Waals surface area contributed by atoms with Gasteiger partial charge in [-0.15, -0.1) is 11.3 Å². The Morgan fingerprint density at radius 3 is 2.50 bits per heavy atom. The van der Waals surface area contributed by atoms with Crippen LogP contribution in [0.15, 0.2) is 36.4 Å². The van der Waals surface area contributed by atoms with Gasteiger partial charge in [0.15, 0.2) is 0 Å². The van der Waals surface area contributed by atoms with Gasteiger partial charge in [-0.05, 0) is 49.2 Å². The van der Waals surface area contributed by atoms with Crippen molar-refractivity contribution in [3.05, 3.63) is 47.1 Å². The highest BCUT2D eigenvalue weighted by atomic mass is 32.1. The number of halogens is 1. The molecule has 0 amide bonds. The summed E-state index contributed by atoms with van der Waals surface area (Å²) >= 11 is 1.75. The molecule has 2 rings (SSSR count). The lowest BCUT2D eigenvalue weighted by Gasteiger charge is -1.96. The van der Waals surface area contributed by atoms with Crippen LogP contribution in [0.3, 0.4) is 0 Å². The molecule has 0 unspecified atom stereocenters. The average molecular weight is 235 g/mol. The van der Waals surface area contributed by atoms with Crippen LogP contribution in [0, 0.1) is 5.82 Å². The summed E-state index contributed by atoms with van der Waals surface area (Å²) in [6, 6.07) is 10.8. The maximum atomic E-state index is 12.8. The highest BCUT2D eigenvalue weighted by Gasteiger charge is 2.02. The van der Waals surface area contributed by atoms with Crippen molar-refractivity contribution in [2.24, 2.45) is 5.73 Å². The zero-order valence-electron chi connectivity index (χ0n) is 8.95. The van der Waals surface area contributed by atoms with Gasteiger partial charge in [0.1, 0.15) is 5.82 Å². The minimum atomic E-state index is -0.191. The van der Waals surface area contributed by atoms with Crippen molar-refractivity contribution in [1.29, 1.82) is 0 Å². The third kappa shape index (κ3) is 2.68. The molecule has 0 bridgehead atoms. The van der Waals surface area contributed by atoms with Gasteiger partial charge in [-0.1, -0.05) is 12.1 Å². The zero-order chi connectivity index (χ0) is 11.4. The minimum Gasteiger partial charge on any atom is -0.330 e. The first kappa shape index (κ1) is 11.3. The van der Waals surface area contributed by atoms with Crippen LogP contribution in [0.4, 0.5) is 4.39 Å². The van der Waals surface area contributed by atoms with E-state index in [2.05, 4.69) is 12.1 Å². The van der Waals surface area contributed by atoms with Gasteiger partial charge in [0.2, 0.25) is 0 Å². The standard InChI is InChI=1S/C13H14FNS/c14-11-5-3-10(4-6-11)13-8-7-12(16-13)2-1-9-15/h3-8H,1-2,9,15H2. The monoisotopic (exact) mass is 235 g/mol. The molecule has 1 aromatic carbocycles. The van der Waals surface area contributed by atoms with Crippen molar-refractivity contribution >= 4 is 11.3 Å². The quantitative estimate of drug-likeness (QED) is 0.863. The highest BCUT2D eigenvalue weighted by molar-refractivity contribution is 7.15. The molecule has 1 aromatic heterocycles. The SMILES string of the molecule is NCCCc1ccc(-c2ccc(F)cc2)s1. The largest absolute Gasteiger partial charge is 0.330 e. The lowest BCUT2D eigenvalue weighted by molar-refractivity contribution is 0.628. The first-order valence-electron chi connectivity index (χ1n) is 5.34. The third-order valence-electron chi connectivity index (χ3n) is 2.42. The maximum Gasteiger partial charge on any atom is 0.123 e. The molecule has 0 saturated carbocycles. The summed E-state index contributed by atoms with van der Waals surface area (Å²) < 4.78 is 12.8. The van der Waals surface area contributed by atoms with Gasteiger partial charge in [-0.25, -0.2) is 4.39 Å². The van der Waals surface area contributed by atoms with Crippen LogP contribution in [-0.4, -0.2) is 6.54 Å². The lowest BCUT2D eigenvalue weighted by Crippen LogP contribution is -1.99. The Bertz CT molecular complexity index is 447. The van der Waals surface area contributed by atoms with Crippen molar-refractivity contribution in [2.45, 2.75) is 12.8 Å². The summed E-state index contributed by atoms with van der Waals surface area (Å²) in [5.41, 5.74) is 6.55. The normalized spacial score (nSPS) is 10.6. The number of rotatable bonds is 4. The fourth-order valence-electron chi connectivity index (χ4n) is 1.56. The van der Waals surface area contributed by atoms with E-state index in [0.29, 0.717) is 0 Å². The summed E-state index contributed by atoms with van der Waals surface area (Å²) in [5, 5.41) is 0. The molecule has 0 aliphatic carbocycles. The summed E-state index contributed by atoms with van der Waals surface area (Å²) in [4.78, 5) is 2.52. The number of hydrogen-bond donors (Lipinski definition) is 1. The molecule has 0 fully saturated rings. The Hall–Kier alpha value is -1.19. The van der Waals surface area contributed by atoms with Gasteiger partial charge in [-0.2, -0.15) is 0 Å². The first-order chi connectivity index (χ1) is 7.79. The maximum absolute atomic E-state index is 12.8. The van der Waals surface area contributed by atoms with E-state index in [4.69, 9.17) is 5.73 Å². The Balaban J connectivity index is 2.15. The third-order valence-corrected chi connectivity index (χ3v) is 3.61. The second-order valence-electron chi connectivity index (χ2n) is 3.67. The summed E-state index contributed by atoms with van der Waals surface area (Å²) in [6.07, 6.45) is 2.05. The number of aryl methyl sites for hydroxylation is 1. The van der Waals surface area contributed by atoms with E-state index in [1.807, 2.05) is 12.1 Å². The average Bonchev–Trinajstić information content (AvgIpc) is 2.76. The molecule has 0 aliphatic heterocycles. The molecule has 1 heterocycles. The fourth-order valence-corrected chi connectivity index (χ4v) is 2.61. The van der Waals surface area contributed by atoms with Gasteiger partial charge in [-0.3, -0.25) is 0 Å². The second-order valence-corrected chi connectivity index (χ2v) is 4.83. The molecule has 0 radical (unpaired) electrons. The van der Waals surface area contributed by atoms with Crippen LogP contribution in [0.1, 0.15) is 11.3 Å². The van der Waals surface area contributed by atoms with Gasteiger partial charge < -0.3 is 5.73 Å². The highest BCUT2D eigenvalue weighted by Crippen LogP contribution is 2.28. The molecule has 0 atom stereocenters. The van der Waals surface area contributed by atoms with Crippen LogP contribution < -0.4 is 5.73 Å². The first-order valence-corrected chi connectivity index (χ1v) is 6.16. The van der Waals surface area contributed by atoms with E-state index in [0.717, 1.165) is 24.9 Å². The van der Waals surface area contributed by atoms with Gasteiger partial charge in [0, 0.05) is 9.75 Å². The molecule has 2 N–H and O–H groups in total.